The Hall–Kier alpha value is -3.52. The van der Waals surface area contributed by atoms with E-state index in [1.54, 1.807) is 0 Å². The lowest BCUT2D eigenvalue weighted by Crippen LogP contribution is -2.30. The molecule has 0 spiro atoms. The van der Waals surface area contributed by atoms with Crippen LogP contribution in [0.1, 0.15) is 18.4 Å². The summed E-state index contributed by atoms with van der Waals surface area (Å²) in [5.74, 6) is -0.303. The Balaban J connectivity index is 1.56. The van der Waals surface area contributed by atoms with Crippen molar-refractivity contribution >= 4 is 38.3 Å². The van der Waals surface area contributed by atoms with Crippen LogP contribution in [0.15, 0.2) is 59.4 Å². The van der Waals surface area contributed by atoms with E-state index in [1.807, 2.05) is 61.5 Å². The third-order valence-electron chi connectivity index (χ3n) is 5.63. The lowest BCUT2D eigenvalue weighted by atomic mass is 10.1. The second-order valence-electron chi connectivity index (χ2n) is 7.91. The monoisotopic (exact) mass is 445 g/mol. The smallest absolute Gasteiger partial charge is 0.294 e. The predicted molar refractivity (Wildman–Crippen MR) is 128 cm³/mol. The fourth-order valence-corrected chi connectivity index (χ4v) is 5.04. The molecule has 8 heteroatoms. The second-order valence-corrected chi connectivity index (χ2v) is 8.89. The number of hydrogen-bond donors (Lipinski definition) is 1. The number of thiazole rings is 1. The molecular formula is C24H23N5O2S. The van der Waals surface area contributed by atoms with E-state index < -0.39 is 0 Å². The molecular weight excluding hydrogens is 422 g/mol. The number of aryl methyl sites for hydroxylation is 1. The van der Waals surface area contributed by atoms with Gasteiger partial charge in [-0.2, -0.15) is 5.10 Å². The van der Waals surface area contributed by atoms with E-state index in [1.165, 1.54) is 16.0 Å². The average Bonchev–Trinajstić information content (AvgIpc) is 3.48. The number of benzene rings is 2. The first-order valence-corrected chi connectivity index (χ1v) is 11.5. The van der Waals surface area contributed by atoms with Gasteiger partial charge in [-0.3, -0.25) is 9.59 Å². The highest BCUT2D eigenvalue weighted by Crippen LogP contribution is 2.34. The van der Waals surface area contributed by atoms with Crippen LogP contribution in [-0.4, -0.2) is 33.8 Å². The minimum absolute atomic E-state index is 0.181. The Bertz CT molecular complexity index is 1340. The summed E-state index contributed by atoms with van der Waals surface area (Å²) in [6.45, 7) is 3.64. The van der Waals surface area contributed by atoms with E-state index in [0.717, 1.165) is 52.6 Å². The molecule has 0 radical (unpaired) electrons. The van der Waals surface area contributed by atoms with Crippen molar-refractivity contribution in [2.75, 3.05) is 23.3 Å². The molecule has 4 aromatic rings. The number of rotatable bonds is 5. The van der Waals surface area contributed by atoms with Crippen LogP contribution in [0.3, 0.4) is 0 Å². The third kappa shape index (κ3) is 3.89. The van der Waals surface area contributed by atoms with Crippen molar-refractivity contribution in [2.45, 2.75) is 26.3 Å². The van der Waals surface area contributed by atoms with Gasteiger partial charge in [0, 0.05) is 24.3 Å². The molecule has 1 amide bonds. The van der Waals surface area contributed by atoms with Gasteiger partial charge in [0.25, 0.3) is 5.56 Å². The van der Waals surface area contributed by atoms with Crippen molar-refractivity contribution in [2.24, 2.45) is 0 Å². The number of amides is 1. The zero-order valence-corrected chi connectivity index (χ0v) is 18.6. The zero-order valence-electron chi connectivity index (χ0n) is 17.7. The van der Waals surface area contributed by atoms with E-state index in [0.29, 0.717) is 11.2 Å². The predicted octanol–water partition coefficient (Wildman–Crippen LogP) is 4.07. The number of fused-ring (bicyclic) bond motifs is 1. The first kappa shape index (κ1) is 20.4. The van der Waals surface area contributed by atoms with E-state index in [9.17, 15) is 9.59 Å². The highest BCUT2D eigenvalue weighted by Gasteiger charge is 2.22. The minimum atomic E-state index is -0.346. The van der Waals surface area contributed by atoms with Gasteiger partial charge in [0.1, 0.15) is 12.2 Å². The van der Waals surface area contributed by atoms with Gasteiger partial charge in [0.2, 0.25) is 5.91 Å². The molecule has 1 aliphatic rings. The lowest BCUT2D eigenvalue weighted by molar-refractivity contribution is -0.117. The molecule has 1 N–H and O–H groups in total. The van der Waals surface area contributed by atoms with Crippen molar-refractivity contribution in [1.82, 2.24) is 14.8 Å². The Morgan fingerprint density at radius 3 is 2.53 bits per heavy atom. The Labute approximate surface area is 189 Å². The molecule has 0 unspecified atom stereocenters. The van der Waals surface area contributed by atoms with Crippen LogP contribution in [0, 0.1) is 6.92 Å². The van der Waals surface area contributed by atoms with Crippen LogP contribution in [-0.2, 0) is 11.3 Å². The standard InChI is InChI=1S/C24H23N5O2S/c1-16-9-5-6-12-18(16)25-19(30)15-29-23(31)21-22(20(27-29)17-10-3-2-4-11-17)32-24(26-21)28-13-7-8-14-28/h2-6,9-12H,7-8,13-15H2,1H3,(H,25,30). The number of anilines is 2. The van der Waals surface area contributed by atoms with Crippen molar-refractivity contribution < 1.29 is 4.79 Å². The Kier molecular flexibility index (Phi) is 5.45. The molecule has 32 heavy (non-hydrogen) atoms. The number of carbonyl (C=O) groups is 1. The molecule has 2 aromatic heterocycles. The molecule has 1 saturated heterocycles. The number of hydrogen-bond acceptors (Lipinski definition) is 6. The molecule has 3 heterocycles. The number of nitrogens with zero attached hydrogens (tertiary/aromatic N) is 4. The molecule has 1 aliphatic heterocycles. The van der Waals surface area contributed by atoms with E-state index in [4.69, 9.17) is 0 Å². The molecule has 162 valence electrons. The molecule has 1 fully saturated rings. The summed E-state index contributed by atoms with van der Waals surface area (Å²) in [6.07, 6.45) is 2.26. The van der Waals surface area contributed by atoms with E-state index in [2.05, 4.69) is 20.3 Å². The largest absolute Gasteiger partial charge is 0.348 e. The van der Waals surface area contributed by atoms with Crippen molar-refractivity contribution in [3.05, 3.63) is 70.5 Å². The summed E-state index contributed by atoms with van der Waals surface area (Å²) in [4.78, 5) is 32.9. The molecule has 0 saturated carbocycles. The molecule has 2 aromatic carbocycles. The fraction of sp³-hybridized carbons (Fsp3) is 0.250. The summed E-state index contributed by atoms with van der Waals surface area (Å²) in [5.41, 5.74) is 3.26. The summed E-state index contributed by atoms with van der Waals surface area (Å²) in [6, 6.07) is 17.3. The quantitative estimate of drug-likeness (QED) is 0.501. The molecule has 5 rings (SSSR count). The summed E-state index contributed by atoms with van der Waals surface area (Å²) < 4.78 is 1.99. The van der Waals surface area contributed by atoms with Gasteiger partial charge in [-0.05, 0) is 31.4 Å². The summed E-state index contributed by atoms with van der Waals surface area (Å²) >= 11 is 1.50. The highest BCUT2D eigenvalue weighted by atomic mass is 32.1. The van der Waals surface area contributed by atoms with Gasteiger partial charge in [-0.25, -0.2) is 9.67 Å². The zero-order chi connectivity index (χ0) is 22.1. The average molecular weight is 446 g/mol. The van der Waals surface area contributed by atoms with Gasteiger partial charge >= 0.3 is 0 Å². The van der Waals surface area contributed by atoms with E-state index in [-0.39, 0.29) is 18.0 Å². The molecule has 0 atom stereocenters. The minimum Gasteiger partial charge on any atom is -0.348 e. The van der Waals surface area contributed by atoms with Crippen LogP contribution in [0.2, 0.25) is 0 Å². The van der Waals surface area contributed by atoms with Crippen molar-refractivity contribution in [1.29, 1.82) is 0 Å². The highest BCUT2D eigenvalue weighted by molar-refractivity contribution is 7.22. The SMILES string of the molecule is Cc1ccccc1NC(=O)Cn1nc(-c2ccccc2)c2sc(N3CCCC3)nc2c1=O. The van der Waals surface area contributed by atoms with Gasteiger partial charge in [0.15, 0.2) is 10.6 Å². The lowest BCUT2D eigenvalue weighted by Gasteiger charge is -2.11. The number of aromatic nitrogens is 3. The topological polar surface area (TPSA) is 80.1 Å². The number of nitrogens with one attached hydrogen (secondary N) is 1. The van der Waals surface area contributed by atoms with E-state index >= 15 is 0 Å². The van der Waals surface area contributed by atoms with Crippen LogP contribution in [0.4, 0.5) is 10.8 Å². The second kappa shape index (κ2) is 8.55. The van der Waals surface area contributed by atoms with Crippen LogP contribution in [0.25, 0.3) is 21.5 Å². The number of para-hydroxylation sites is 1. The first-order chi connectivity index (χ1) is 15.6. The third-order valence-corrected chi connectivity index (χ3v) is 6.75. The molecule has 0 bridgehead atoms. The normalized spacial score (nSPS) is 13.6. The Morgan fingerprint density at radius 1 is 1.06 bits per heavy atom. The fourth-order valence-electron chi connectivity index (χ4n) is 3.92. The molecule has 0 aliphatic carbocycles. The van der Waals surface area contributed by atoms with Crippen molar-refractivity contribution in [3.8, 4) is 11.3 Å². The van der Waals surface area contributed by atoms with Crippen molar-refractivity contribution in [3.63, 3.8) is 0 Å². The molecule has 7 nitrogen and oxygen atoms in total. The van der Waals surface area contributed by atoms with Gasteiger partial charge in [0.05, 0.1) is 4.70 Å². The first-order valence-electron chi connectivity index (χ1n) is 10.7. The Morgan fingerprint density at radius 2 is 1.78 bits per heavy atom. The van der Waals surface area contributed by atoms with Crippen LogP contribution < -0.4 is 15.8 Å². The van der Waals surface area contributed by atoms with Gasteiger partial charge in [-0.1, -0.05) is 59.9 Å². The maximum Gasteiger partial charge on any atom is 0.294 e. The summed E-state index contributed by atoms with van der Waals surface area (Å²) in [7, 11) is 0. The van der Waals surface area contributed by atoms with Crippen LogP contribution >= 0.6 is 11.3 Å². The van der Waals surface area contributed by atoms with Gasteiger partial charge in [-0.15, -0.1) is 0 Å². The number of carbonyl (C=O) groups excluding carboxylic acids is 1. The van der Waals surface area contributed by atoms with Gasteiger partial charge < -0.3 is 10.2 Å². The maximum atomic E-state index is 13.2. The maximum absolute atomic E-state index is 13.2. The summed E-state index contributed by atoms with van der Waals surface area (Å²) in [5, 5.41) is 8.33. The van der Waals surface area contributed by atoms with Crippen LogP contribution in [0.5, 0.6) is 0 Å².